The highest BCUT2D eigenvalue weighted by Gasteiger charge is 2.18. The van der Waals surface area contributed by atoms with Crippen LogP contribution in [-0.4, -0.2) is 47.4 Å². The van der Waals surface area contributed by atoms with Crippen molar-refractivity contribution in [2.75, 3.05) is 13.2 Å². The number of carbonyl (C=O) groups is 2. The number of aliphatic hydroxyl groups is 2. The molecule has 3 N–H and O–H groups in total. The zero-order valence-corrected chi connectivity index (χ0v) is 40.6. The Kier molecular flexibility index (Phi) is 49.1. The monoisotopic (exact) mass is 858 g/mol. The number of nitrogens with one attached hydrogen (secondary N) is 1. The molecule has 0 saturated heterocycles. The van der Waals surface area contributed by atoms with Gasteiger partial charge in [0.25, 0.3) is 0 Å². The maximum absolute atomic E-state index is 12.4. The van der Waals surface area contributed by atoms with Gasteiger partial charge >= 0.3 is 5.97 Å². The van der Waals surface area contributed by atoms with Crippen molar-refractivity contribution >= 4 is 11.9 Å². The van der Waals surface area contributed by atoms with Crippen LogP contribution >= 0.6 is 0 Å². The van der Waals surface area contributed by atoms with Crippen LogP contribution in [-0.2, 0) is 14.3 Å². The van der Waals surface area contributed by atoms with Gasteiger partial charge in [0.1, 0.15) is 0 Å². The Bertz CT molecular complexity index is 993. The van der Waals surface area contributed by atoms with Crippen LogP contribution in [0.4, 0.5) is 0 Å². The van der Waals surface area contributed by atoms with Gasteiger partial charge in [-0.05, 0) is 89.9 Å². The second kappa shape index (κ2) is 50.7. The van der Waals surface area contributed by atoms with Gasteiger partial charge in [-0.3, -0.25) is 9.59 Å². The molecule has 0 heterocycles. The van der Waals surface area contributed by atoms with Crippen molar-refractivity contribution in [3.63, 3.8) is 0 Å². The van der Waals surface area contributed by atoms with Crippen LogP contribution in [0.15, 0.2) is 36.5 Å². The third-order valence-corrected chi connectivity index (χ3v) is 12.1. The Morgan fingerprint density at radius 2 is 0.770 bits per heavy atom. The van der Waals surface area contributed by atoms with Crippen LogP contribution < -0.4 is 5.32 Å². The fourth-order valence-corrected chi connectivity index (χ4v) is 7.97. The lowest BCUT2D eigenvalue weighted by Gasteiger charge is -2.20. The van der Waals surface area contributed by atoms with Crippen molar-refractivity contribution in [2.24, 2.45) is 0 Å². The van der Waals surface area contributed by atoms with Crippen molar-refractivity contribution in [1.29, 1.82) is 0 Å². The molecule has 2 atom stereocenters. The molecular formula is C55H103NO5. The normalized spacial score (nSPS) is 12.9. The predicted molar refractivity (Wildman–Crippen MR) is 264 cm³/mol. The summed E-state index contributed by atoms with van der Waals surface area (Å²) in [5.41, 5.74) is 0. The molecule has 6 nitrogen and oxygen atoms in total. The standard InChI is InChI=1S/C55H103NO5/c1-3-5-7-9-11-13-15-17-19-20-22-24-29-33-37-41-45-49-55(60)61-50-46-42-38-34-30-26-25-28-32-36-40-44-48-54(59)56-52(51-57)53(58)47-43-39-35-31-27-23-21-18-16-14-12-10-8-6-4-2/h17,19,26,30,43,47,52-53,57-58H,3-16,18,20-25,27-29,31-42,44-46,48-51H2,1-2H3,(H,56,59)/b19-17-,30-26-,47-43+. The largest absolute Gasteiger partial charge is 0.466 e. The van der Waals surface area contributed by atoms with E-state index in [4.69, 9.17) is 4.74 Å². The van der Waals surface area contributed by atoms with Crippen molar-refractivity contribution in [1.82, 2.24) is 5.32 Å². The van der Waals surface area contributed by atoms with Crippen molar-refractivity contribution in [2.45, 2.75) is 289 Å². The van der Waals surface area contributed by atoms with Gasteiger partial charge in [0.2, 0.25) is 5.91 Å². The highest BCUT2D eigenvalue weighted by molar-refractivity contribution is 5.76. The molecule has 0 rings (SSSR count). The maximum atomic E-state index is 12.4. The third-order valence-electron chi connectivity index (χ3n) is 12.1. The zero-order valence-electron chi connectivity index (χ0n) is 40.6. The molecule has 358 valence electrons. The smallest absolute Gasteiger partial charge is 0.305 e. The number of rotatable bonds is 49. The number of ether oxygens (including phenoxy) is 1. The van der Waals surface area contributed by atoms with E-state index in [-0.39, 0.29) is 18.5 Å². The molecule has 6 heteroatoms. The highest BCUT2D eigenvalue weighted by atomic mass is 16.5. The second-order valence-corrected chi connectivity index (χ2v) is 18.2. The summed E-state index contributed by atoms with van der Waals surface area (Å²) in [5, 5.41) is 23.0. The maximum Gasteiger partial charge on any atom is 0.305 e. The van der Waals surface area contributed by atoms with E-state index < -0.39 is 12.1 Å². The average Bonchev–Trinajstić information content (AvgIpc) is 3.26. The first-order valence-corrected chi connectivity index (χ1v) is 26.8. The number of unbranched alkanes of at least 4 members (excludes halogenated alkanes) is 34. The van der Waals surface area contributed by atoms with E-state index in [2.05, 4.69) is 43.5 Å². The van der Waals surface area contributed by atoms with Gasteiger partial charge in [0.15, 0.2) is 0 Å². The quantitative estimate of drug-likeness (QED) is 0.0322. The van der Waals surface area contributed by atoms with Crippen molar-refractivity contribution in [3.8, 4) is 0 Å². The Balaban J connectivity index is 3.53. The zero-order chi connectivity index (χ0) is 44.4. The summed E-state index contributed by atoms with van der Waals surface area (Å²) in [6, 6.07) is -0.647. The third kappa shape index (κ3) is 47.4. The molecule has 0 aromatic carbocycles. The number of hydrogen-bond acceptors (Lipinski definition) is 5. The summed E-state index contributed by atoms with van der Waals surface area (Å²) < 4.78 is 5.45. The summed E-state index contributed by atoms with van der Waals surface area (Å²) in [5.74, 6) is -0.122. The topological polar surface area (TPSA) is 95.9 Å². The van der Waals surface area contributed by atoms with Gasteiger partial charge in [-0.15, -0.1) is 0 Å². The SMILES string of the molecule is CCCCCCCC/C=C\CCCCCCCCCC(=O)OCCCCC/C=C\CCCCCCCC(=O)NC(CO)C(O)/C=C/CCCCCCCCCCCCCCC. The first-order valence-electron chi connectivity index (χ1n) is 26.8. The fraction of sp³-hybridized carbons (Fsp3) is 0.855. The van der Waals surface area contributed by atoms with Crippen LogP contribution in [0.5, 0.6) is 0 Å². The summed E-state index contributed by atoms with van der Waals surface area (Å²) in [7, 11) is 0. The summed E-state index contributed by atoms with van der Waals surface area (Å²) in [6.07, 6.45) is 61.5. The number of allylic oxidation sites excluding steroid dienone is 5. The van der Waals surface area contributed by atoms with Crippen LogP contribution in [0.1, 0.15) is 277 Å². The van der Waals surface area contributed by atoms with Gasteiger partial charge in [-0.2, -0.15) is 0 Å². The minimum absolute atomic E-state index is 0.0281. The van der Waals surface area contributed by atoms with Crippen molar-refractivity contribution < 1.29 is 24.5 Å². The number of esters is 1. The van der Waals surface area contributed by atoms with Crippen LogP contribution in [0, 0.1) is 0 Å². The molecule has 2 unspecified atom stereocenters. The number of aliphatic hydroxyl groups excluding tert-OH is 2. The first-order chi connectivity index (χ1) is 30.0. The van der Waals surface area contributed by atoms with E-state index in [0.717, 1.165) is 83.5 Å². The number of hydrogen-bond donors (Lipinski definition) is 3. The minimum atomic E-state index is -0.861. The second-order valence-electron chi connectivity index (χ2n) is 18.2. The molecular weight excluding hydrogens is 755 g/mol. The Hall–Kier alpha value is -1.92. The van der Waals surface area contributed by atoms with Crippen LogP contribution in [0.2, 0.25) is 0 Å². The molecule has 0 aromatic rings. The van der Waals surface area contributed by atoms with Crippen LogP contribution in [0.25, 0.3) is 0 Å². The predicted octanol–water partition coefficient (Wildman–Crippen LogP) is 16.1. The molecule has 0 saturated carbocycles. The molecule has 0 aliphatic rings. The molecule has 0 aliphatic heterocycles. The lowest BCUT2D eigenvalue weighted by atomic mass is 10.0. The molecule has 0 aromatic heterocycles. The molecule has 0 spiro atoms. The molecule has 0 fully saturated rings. The number of carbonyl (C=O) groups excluding carboxylic acids is 2. The number of amides is 1. The minimum Gasteiger partial charge on any atom is -0.466 e. The molecule has 0 aliphatic carbocycles. The van der Waals surface area contributed by atoms with Gasteiger partial charge in [0, 0.05) is 12.8 Å². The van der Waals surface area contributed by atoms with Crippen LogP contribution in [0.3, 0.4) is 0 Å². The van der Waals surface area contributed by atoms with Gasteiger partial charge in [0.05, 0.1) is 25.4 Å². The molecule has 0 bridgehead atoms. The lowest BCUT2D eigenvalue weighted by Crippen LogP contribution is -2.45. The summed E-state index contributed by atoms with van der Waals surface area (Å²) in [4.78, 5) is 24.5. The van der Waals surface area contributed by atoms with E-state index >= 15 is 0 Å². The fourth-order valence-electron chi connectivity index (χ4n) is 7.97. The van der Waals surface area contributed by atoms with E-state index in [1.165, 1.54) is 167 Å². The summed E-state index contributed by atoms with van der Waals surface area (Å²) in [6.45, 7) is 4.83. The van der Waals surface area contributed by atoms with E-state index in [0.29, 0.717) is 19.4 Å². The highest BCUT2D eigenvalue weighted by Crippen LogP contribution is 2.15. The van der Waals surface area contributed by atoms with E-state index in [1.54, 1.807) is 6.08 Å². The average molecular weight is 858 g/mol. The Morgan fingerprint density at radius 3 is 1.16 bits per heavy atom. The van der Waals surface area contributed by atoms with Gasteiger partial charge in [-0.1, -0.05) is 211 Å². The van der Waals surface area contributed by atoms with Gasteiger partial charge < -0.3 is 20.3 Å². The Morgan fingerprint density at radius 1 is 0.443 bits per heavy atom. The molecule has 1 amide bonds. The molecule has 61 heavy (non-hydrogen) atoms. The van der Waals surface area contributed by atoms with Gasteiger partial charge in [-0.25, -0.2) is 0 Å². The summed E-state index contributed by atoms with van der Waals surface area (Å²) >= 11 is 0. The van der Waals surface area contributed by atoms with E-state index in [9.17, 15) is 19.8 Å². The lowest BCUT2D eigenvalue weighted by molar-refractivity contribution is -0.143. The van der Waals surface area contributed by atoms with Crippen molar-refractivity contribution in [3.05, 3.63) is 36.5 Å². The Labute approximate surface area is 379 Å². The molecule has 0 radical (unpaired) electrons. The first kappa shape index (κ1) is 59.1. The van der Waals surface area contributed by atoms with E-state index in [1.807, 2.05) is 6.08 Å².